The third-order valence-electron chi connectivity index (χ3n) is 4.68. The molecule has 2 N–H and O–H groups in total. The van der Waals surface area contributed by atoms with Crippen molar-refractivity contribution in [1.29, 1.82) is 0 Å². The van der Waals surface area contributed by atoms with E-state index in [-0.39, 0.29) is 11.8 Å². The van der Waals surface area contributed by atoms with Crippen molar-refractivity contribution in [2.45, 2.75) is 19.3 Å². The molecule has 1 amide bonds. The van der Waals surface area contributed by atoms with Crippen LogP contribution in [0.2, 0.25) is 0 Å². The maximum absolute atomic E-state index is 12.4. The van der Waals surface area contributed by atoms with Gasteiger partial charge in [0, 0.05) is 25.3 Å². The first-order valence-electron chi connectivity index (χ1n) is 8.00. The van der Waals surface area contributed by atoms with Gasteiger partial charge >= 0.3 is 0 Å². The normalized spacial score (nSPS) is 25.8. The molecule has 0 radical (unpaired) electrons. The molecule has 21 heavy (non-hydrogen) atoms. The standard InChI is InChI=1S/C17H25N3O/c1-20-8-4-5-13(12-20)10-19-17(21)15-9-14-6-2-3-7-16(14)18-11-15/h2-3,6-7,13,15,18H,4-5,8-12H2,1H3,(H,19,21). The fraction of sp³-hybridized carbons (Fsp3) is 0.588. The quantitative estimate of drug-likeness (QED) is 0.890. The SMILES string of the molecule is CN1CCCC(CNC(=O)C2CNc3ccccc3C2)C1. The van der Waals surface area contributed by atoms with E-state index in [0.717, 1.165) is 26.1 Å². The van der Waals surface area contributed by atoms with Crippen LogP contribution in [0.5, 0.6) is 0 Å². The smallest absolute Gasteiger partial charge is 0.225 e. The van der Waals surface area contributed by atoms with Crippen LogP contribution in [0.15, 0.2) is 24.3 Å². The summed E-state index contributed by atoms with van der Waals surface area (Å²) in [6.07, 6.45) is 3.32. The number of likely N-dealkylation sites (tertiary alicyclic amines) is 1. The molecule has 4 heteroatoms. The fourth-order valence-corrected chi connectivity index (χ4v) is 3.46. The fourth-order valence-electron chi connectivity index (χ4n) is 3.46. The van der Waals surface area contributed by atoms with E-state index in [9.17, 15) is 4.79 Å². The summed E-state index contributed by atoms with van der Waals surface area (Å²) in [4.78, 5) is 14.7. The Hall–Kier alpha value is -1.55. The maximum Gasteiger partial charge on any atom is 0.225 e. The third kappa shape index (κ3) is 3.56. The minimum absolute atomic E-state index is 0.0567. The number of nitrogens with one attached hydrogen (secondary N) is 2. The molecule has 0 bridgehead atoms. The van der Waals surface area contributed by atoms with Gasteiger partial charge in [-0.2, -0.15) is 0 Å². The molecule has 0 aromatic heterocycles. The number of rotatable bonds is 3. The zero-order valence-corrected chi connectivity index (χ0v) is 12.8. The lowest BCUT2D eigenvalue weighted by Crippen LogP contribution is -2.43. The van der Waals surface area contributed by atoms with Gasteiger partial charge in [0.25, 0.3) is 0 Å². The number of carbonyl (C=O) groups is 1. The molecular weight excluding hydrogens is 262 g/mol. The van der Waals surface area contributed by atoms with Crippen molar-refractivity contribution >= 4 is 11.6 Å². The highest BCUT2D eigenvalue weighted by atomic mass is 16.1. The summed E-state index contributed by atoms with van der Waals surface area (Å²) < 4.78 is 0. The van der Waals surface area contributed by atoms with Crippen LogP contribution in [0, 0.1) is 11.8 Å². The van der Waals surface area contributed by atoms with Crippen LogP contribution in [-0.2, 0) is 11.2 Å². The molecule has 2 heterocycles. The monoisotopic (exact) mass is 287 g/mol. The number of fused-ring (bicyclic) bond motifs is 1. The highest BCUT2D eigenvalue weighted by Gasteiger charge is 2.25. The average Bonchev–Trinajstić information content (AvgIpc) is 2.52. The number of amides is 1. The number of hydrogen-bond donors (Lipinski definition) is 2. The van der Waals surface area contributed by atoms with Crippen LogP contribution in [-0.4, -0.2) is 44.0 Å². The summed E-state index contributed by atoms with van der Waals surface area (Å²) in [6.45, 7) is 3.86. The Morgan fingerprint density at radius 1 is 1.43 bits per heavy atom. The average molecular weight is 287 g/mol. The van der Waals surface area contributed by atoms with E-state index in [4.69, 9.17) is 0 Å². The predicted molar refractivity (Wildman–Crippen MR) is 85.4 cm³/mol. The number of anilines is 1. The second kappa shape index (κ2) is 6.48. The first kappa shape index (κ1) is 14.4. The summed E-state index contributed by atoms with van der Waals surface area (Å²) in [6, 6.07) is 8.27. The number of nitrogens with zero attached hydrogens (tertiary/aromatic N) is 1. The zero-order chi connectivity index (χ0) is 14.7. The second-order valence-electron chi connectivity index (χ2n) is 6.45. The number of para-hydroxylation sites is 1. The molecule has 0 saturated carbocycles. The Morgan fingerprint density at radius 3 is 3.14 bits per heavy atom. The largest absolute Gasteiger partial charge is 0.384 e. The maximum atomic E-state index is 12.4. The Morgan fingerprint density at radius 2 is 2.29 bits per heavy atom. The highest BCUT2D eigenvalue weighted by Crippen LogP contribution is 2.24. The molecule has 4 nitrogen and oxygen atoms in total. The number of hydrogen-bond acceptors (Lipinski definition) is 3. The van der Waals surface area contributed by atoms with E-state index in [1.54, 1.807) is 0 Å². The van der Waals surface area contributed by atoms with Crippen molar-refractivity contribution in [3.63, 3.8) is 0 Å². The molecule has 1 saturated heterocycles. The van der Waals surface area contributed by atoms with Crippen molar-refractivity contribution in [1.82, 2.24) is 10.2 Å². The van der Waals surface area contributed by atoms with Gasteiger partial charge in [-0.15, -0.1) is 0 Å². The molecule has 0 aliphatic carbocycles. The molecule has 1 fully saturated rings. The van der Waals surface area contributed by atoms with Gasteiger partial charge in [-0.1, -0.05) is 18.2 Å². The summed E-state index contributed by atoms with van der Waals surface area (Å²) in [5, 5.41) is 6.54. The van der Waals surface area contributed by atoms with Crippen LogP contribution in [0.4, 0.5) is 5.69 Å². The van der Waals surface area contributed by atoms with E-state index >= 15 is 0 Å². The Labute approximate surface area is 126 Å². The Bertz CT molecular complexity index is 503. The molecule has 1 aromatic carbocycles. The summed E-state index contributed by atoms with van der Waals surface area (Å²) in [5.41, 5.74) is 2.43. The van der Waals surface area contributed by atoms with Gasteiger partial charge in [0.1, 0.15) is 0 Å². The number of piperidine rings is 1. The van der Waals surface area contributed by atoms with Crippen molar-refractivity contribution in [2.75, 3.05) is 38.5 Å². The molecule has 114 valence electrons. The molecule has 3 rings (SSSR count). The van der Waals surface area contributed by atoms with Gasteiger partial charge < -0.3 is 15.5 Å². The predicted octanol–water partition coefficient (Wildman–Crippen LogP) is 1.73. The van der Waals surface area contributed by atoms with Gasteiger partial charge in [-0.3, -0.25) is 4.79 Å². The van der Waals surface area contributed by atoms with Crippen molar-refractivity contribution in [3.05, 3.63) is 29.8 Å². The van der Waals surface area contributed by atoms with E-state index in [1.807, 2.05) is 12.1 Å². The molecule has 1 aromatic rings. The summed E-state index contributed by atoms with van der Waals surface area (Å²) in [5.74, 6) is 0.864. The molecule has 2 atom stereocenters. The number of carbonyl (C=O) groups excluding carboxylic acids is 1. The minimum atomic E-state index is 0.0567. The van der Waals surface area contributed by atoms with E-state index in [0.29, 0.717) is 5.92 Å². The Balaban J connectivity index is 1.50. The van der Waals surface area contributed by atoms with E-state index in [1.165, 1.54) is 30.6 Å². The lowest BCUT2D eigenvalue weighted by atomic mass is 9.92. The van der Waals surface area contributed by atoms with Crippen molar-refractivity contribution in [2.24, 2.45) is 11.8 Å². The van der Waals surface area contributed by atoms with Gasteiger partial charge in [-0.05, 0) is 50.4 Å². The highest BCUT2D eigenvalue weighted by molar-refractivity contribution is 5.80. The Kier molecular flexibility index (Phi) is 4.44. The molecule has 2 aliphatic heterocycles. The first-order chi connectivity index (χ1) is 10.2. The van der Waals surface area contributed by atoms with Crippen LogP contribution in [0.3, 0.4) is 0 Å². The number of benzene rings is 1. The first-order valence-corrected chi connectivity index (χ1v) is 8.00. The van der Waals surface area contributed by atoms with Crippen LogP contribution in [0.25, 0.3) is 0 Å². The van der Waals surface area contributed by atoms with Gasteiger partial charge in [0.2, 0.25) is 5.91 Å². The lowest BCUT2D eigenvalue weighted by molar-refractivity contribution is -0.124. The van der Waals surface area contributed by atoms with Crippen molar-refractivity contribution in [3.8, 4) is 0 Å². The summed E-state index contributed by atoms with van der Waals surface area (Å²) in [7, 11) is 2.16. The molecule has 2 aliphatic rings. The van der Waals surface area contributed by atoms with Crippen molar-refractivity contribution < 1.29 is 4.79 Å². The van der Waals surface area contributed by atoms with Gasteiger partial charge in [0.15, 0.2) is 0 Å². The van der Waals surface area contributed by atoms with E-state index < -0.39 is 0 Å². The zero-order valence-electron chi connectivity index (χ0n) is 12.8. The van der Waals surface area contributed by atoms with Crippen LogP contribution >= 0.6 is 0 Å². The van der Waals surface area contributed by atoms with Gasteiger partial charge in [0.05, 0.1) is 5.92 Å². The minimum Gasteiger partial charge on any atom is -0.384 e. The molecule has 0 spiro atoms. The van der Waals surface area contributed by atoms with E-state index in [2.05, 4.69) is 34.7 Å². The molecular formula is C17H25N3O. The lowest BCUT2D eigenvalue weighted by Gasteiger charge is -2.31. The van der Waals surface area contributed by atoms with Crippen LogP contribution in [0.1, 0.15) is 18.4 Å². The molecule has 2 unspecified atom stereocenters. The third-order valence-corrected chi connectivity index (χ3v) is 4.68. The second-order valence-corrected chi connectivity index (χ2v) is 6.45. The van der Waals surface area contributed by atoms with Crippen LogP contribution < -0.4 is 10.6 Å². The van der Waals surface area contributed by atoms with Gasteiger partial charge in [-0.25, -0.2) is 0 Å². The topological polar surface area (TPSA) is 44.4 Å². The summed E-state index contributed by atoms with van der Waals surface area (Å²) >= 11 is 0.